The van der Waals surface area contributed by atoms with E-state index in [2.05, 4.69) is 0 Å². The number of hydrogen-bond acceptors (Lipinski definition) is 5. The predicted octanol–water partition coefficient (Wildman–Crippen LogP) is 2.68. The van der Waals surface area contributed by atoms with E-state index in [1.54, 1.807) is 13.2 Å². The van der Waals surface area contributed by atoms with Crippen LogP contribution in [0.3, 0.4) is 0 Å². The summed E-state index contributed by atoms with van der Waals surface area (Å²) in [4.78, 5) is 26.9. The lowest BCUT2D eigenvalue weighted by atomic mass is 9.99. The number of morpholine rings is 1. The zero-order valence-electron chi connectivity index (χ0n) is 15.8. The second-order valence-electron chi connectivity index (χ2n) is 7.27. The Kier molecular flexibility index (Phi) is 5.05. The Labute approximate surface area is 152 Å². The average molecular weight is 359 g/mol. The summed E-state index contributed by atoms with van der Waals surface area (Å²) in [5.74, 6) is 0.671. The molecule has 1 saturated heterocycles. The lowest BCUT2D eigenvalue weighted by molar-refractivity contribution is -0.146. The van der Waals surface area contributed by atoms with Crippen molar-refractivity contribution in [3.63, 3.8) is 0 Å². The minimum atomic E-state index is -0.391. The van der Waals surface area contributed by atoms with Crippen molar-refractivity contribution in [2.45, 2.75) is 39.2 Å². The Morgan fingerprint density at radius 1 is 1.35 bits per heavy atom. The number of fused-ring (bicyclic) bond motifs is 1. The summed E-state index contributed by atoms with van der Waals surface area (Å²) in [7, 11) is 1.57. The van der Waals surface area contributed by atoms with Gasteiger partial charge in [0.15, 0.2) is 0 Å². The fourth-order valence-electron chi connectivity index (χ4n) is 3.48. The highest BCUT2D eigenvalue weighted by Gasteiger charge is 2.33. The van der Waals surface area contributed by atoms with Crippen molar-refractivity contribution < 1.29 is 18.7 Å². The number of carbonyl (C=O) groups is 1. The van der Waals surface area contributed by atoms with Crippen LogP contribution in [0.5, 0.6) is 5.75 Å². The van der Waals surface area contributed by atoms with E-state index < -0.39 is 5.63 Å². The van der Waals surface area contributed by atoms with E-state index in [4.69, 9.17) is 13.9 Å². The third-order valence-electron chi connectivity index (χ3n) is 5.03. The molecule has 0 atom stereocenters. The SMILES string of the molecule is COc1ccc2c(C)c(CCC(=O)N3CCOCC3(C)C)c(=O)oc2c1. The van der Waals surface area contributed by atoms with Crippen LogP contribution in [0.2, 0.25) is 0 Å². The number of amides is 1. The molecular formula is C20H25NO5. The minimum Gasteiger partial charge on any atom is -0.497 e. The Hall–Kier alpha value is -2.34. The smallest absolute Gasteiger partial charge is 0.339 e. The fraction of sp³-hybridized carbons (Fsp3) is 0.500. The lowest BCUT2D eigenvalue weighted by Gasteiger charge is -2.42. The van der Waals surface area contributed by atoms with Gasteiger partial charge in [-0.2, -0.15) is 0 Å². The minimum absolute atomic E-state index is 0.0342. The number of methoxy groups -OCH3 is 1. The summed E-state index contributed by atoms with van der Waals surface area (Å²) < 4.78 is 16.1. The summed E-state index contributed by atoms with van der Waals surface area (Å²) in [5, 5.41) is 0.861. The zero-order valence-corrected chi connectivity index (χ0v) is 15.8. The summed E-state index contributed by atoms with van der Waals surface area (Å²) in [6.07, 6.45) is 0.638. The molecule has 1 fully saturated rings. The van der Waals surface area contributed by atoms with E-state index in [0.29, 0.717) is 43.1 Å². The number of aryl methyl sites for hydroxylation is 1. The molecule has 0 radical (unpaired) electrons. The van der Waals surface area contributed by atoms with Gasteiger partial charge in [0.05, 0.1) is 25.9 Å². The maximum absolute atomic E-state index is 12.7. The number of ether oxygens (including phenoxy) is 2. The molecule has 6 heteroatoms. The van der Waals surface area contributed by atoms with Crippen LogP contribution in [0.15, 0.2) is 27.4 Å². The Morgan fingerprint density at radius 2 is 2.12 bits per heavy atom. The third kappa shape index (κ3) is 3.46. The first-order chi connectivity index (χ1) is 12.3. The first-order valence-corrected chi connectivity index (χ1v) is 8.82. The van der Waals surface area contributed by atoms with Crippen LogP contribution < -0.4 is 10.4 Å². The number of rotatable bonds is 4. The third-order valence-corrected chi connectivity index (χ3v) is 5.03. The van der Waals surface area contributed by atoms with Gasteiger partial charge in [-0.3, -0.25) is 4.79 Å². The highest BCUT2D eigenvalue weighted by atomic mass is 16.5. The first-order valence-electron chi connectivity index (χ1n) is 8.82. The van der Waals surface area contributed by atoms with Gasteiger partial charge in [-0.1, -0.05) is 0 Å². The standard InChI is InChI=1S/C20H25NO5/c1-13-15-6-5-14(24-4)11-17(15)26-19(23)16(13)7-8-18(22)21-9-10-25-12-20(21,2)3/h5-6,11H,7-10,12H2,1-4H3. The average Bonchev–Trinajstić information content (AvgIpc) is 2.60. The van der Waals surface area contributed by atoms with Gasteiger partial charge in [0.25, 0.3) is 0 Å². The Balaban J connectivity index is 1.83. The quantitative estimate of drug-likeness (QED) is 0.785. The molecule has 0 bridgehead atoms. The van der Waals surface area contributed by atoms with E-state index in [1.165, 1.54) is 0 Å². The van der Waals surface area contributed by atoms with Crippen molar-refractivity contribution in [3.05, 3.63) is 39.7 Å². The monoisotopic (exact) mass is 359 g/mol. The van der Waals surface area contributed by atoms with Crippen LogP contribution in [0, 0.1) is 6.92 Å². The molecule has 1 aromatic heterocycles. The number of nitrogens with zero attached hydrogens (tertiary/aromatic N) is 1. The lowest BCUT2D eigenvalue weighted by Crippen LogP contribution is -2.55. The van der Waals surface area contributed by atoms with E-state index in [9.17, 15) is 9.59 Å². The largest absolute Gasteiger partial charge is 0.497 e. The molecule has 1 aliphatic heterocycles. The van der Waals surface area contributed by atoms with Crippen molar-refractivity contribution >= 4 is 16.9 Å². The van der Waals surface area contributed by atoms with E-state index in [-0.39, 0.29) is 17.9 Å². The highest BCUT2D eigenvalue weighted by Crippen LogP contribution is 2.25. The molecule has 0 N–H and O–H groups in total. The van der Waals surface area contributed by atoms with E-state index >= 15 is 0 Å². The molecule has 1 aliphatic rings. The van der Waals surface area contributed by atoms with Crippen molar-refractivity contribution in [3.8, 4) is 5.75 Å². The zero-order chi connectivity index (χ0) is 18.9. The number of benzene rings is 1. The number of hydrogen-bond donors (Lipinski definition) is 0. The van der Waals surface area contributed by atoms with Crippen LogP contribution in [0.25, 0.3) is 11.0 Å². The van der Waals surface area contributed by atoms with Crippen LogP contribution in [-0.4, -0.2) is 43.2 Å². The van der Waals surface area contributed by atoms with Gasteiger partial charge in [0, 0.05) is 30.0 Å². The second-order valence-corrected chi connectivity index (χ2v) is 7.27. The summed E-state index contributed by atoms with van der Waals surface area (Å²) in [5.41, 5.74) is 1.19. The molecule has 1 aromatic carbocycles. The maximum Gasteiger partial charge on any atom is 0.339 e. The van der Waals surface area contributed by atoms with Gasteiger partial charge < -0.3 is 18.8 Å². The van der Waals surface area contributed by atoms with E-state index in [0.717, 1.165) is 10.9 Å². The summed E-state index contributed by atoms with van der Waals surface area (Å²) in [6, 6.07) is 5.41. The molecule has 140 valence electrons. The molecule has 0 spiro atoms. The van der Waals surface area contributed by atoms with Gasteiger partial charge in [-0.25, -0.2) is 4.79 Å². The molecule has 0 saturated carbocycles. The second kappa shape index (κ2) is 7.11. The van der Waals surface area contributed by atoms with E-state index in [1.807, 2.05) is 37.8 Å². The van der Waals surface area contributed by atoms with Gasteiger partial charge in [0.2, 0.25) is 5.91 Å². The first kappa shape index (κ1) is 18.5. The molecule has 0 aliphatic carbocycles. The molecule has 2 heterocycles. The van der Waals surface area contributed by atoms with Crippen molar-refractivity contribution in [1.29, 1.82) is 0 Å². The maximum atomic E-state index is 12.7. The molecule has 2 aromatic rings. The molecule has 3 rings (SSSR count). The highest BCUT2D eigenvalue weighted by molar-refractivity contribution is 5.83. The summed E-state index contributed by atoms with van der Waals surface area (Å²) >= 11 is 0. The molecular weight excluding hydrogens is 334 g/mol. The predicted molar refractivity (Wildman–Crippen MR) is 98.7 cm³/mol. The fourth-order valence-corrected chi connectivity index (χ4v) is 3.48. The van der Waals surface area contributed by atoms with Crippen molar-refractivity contribution in [2.75, 3.05) is 26.9 Å². The van der Waals surface area contributed by atoms with Crippen LogP contribution in [0.4, 0.5) is 0 Å². The Bertz CT molecular complexity index is 884. The number of carbonyl (C=O) groups excluding carboxylic acids is 1. The van der Waals surface area contributed by atoms with Crippen molar-refractivity contribution in [1.82, 2.24) is 4.90 Å². The van der Waals surface area contributed by atoms with Crippen LogP contribution in [-0.2, 0) is 16.0 Å². The molecule has 26 heavy (non-hydrogen) atoms. The molecule has 6 nitrogen and oxygen atoms in total. The van der Waals surface area contributed by atoms with Gasteiger partial charge in [-0.15, -0.1) is 0 Å². The van der Waals surface area contributed by atoms with Gasteiger partial charge >= 0.3 is 5.63 Å². The molecule has 0 unspecified atom stereocenters. The summed E-state index contributed by atoms with van der Waals surface area (Å²) in [6.45, 7) is 7.53. The Morgan fingerprint density at radius 3 is 2.81 bits per heavy atom. The van der Waals surface area contributed by atoms with Crippen molar-refractivity contribution in [2.24, 2.45) is 0 Å². The molecule has 1 amide bonds. The van der Waals surface area contributed by atoms with Gasteiger partial charge in [-0.05, 0) is 44.9 Å². The van der Waals surface area contributed by atoms with Crippen LogP contribution in [0.1, 0.15) is 31.4 Å². The van der Waals surface area contributed by atoms with Gasteiger partial charge in [0.1, 0.15) is 11.3 Å². The topological polar surface area (TPSA) is 69.0 Å². The normalized spacial score (nSPS) is 16.7. The van der Waals surface area contributed by atoms with Crippen LogP contribution >= 0.6 is 0 Å².